The number of hydrogen-bond donors (Lipinski definition) is 0. The standard InChI is InChI=1S/C4H4N.Y/c1-2-4-5-3-1;/h1,3H,2H2;/q-1;. The molecule has 1 radical (unpaired) electrons. The molecule has 2 heteroatoms. The number of aliphatic imine (C=N–C) groups is 1. The molecule has 0 atom stereocenters. The normalized spacial score (nSPS) is 14.7. The molecule has 1 aliphatic heterocycles. The van der Waals surface area contributed by atoms with Crippen LogP contribution in [0.15, 0.2) is 17.3 Å². The van der Waals surface area contributed by atoms with Gasteiger partial charge < -0.3 is 4.99 Å². The van der Waals surface area contributed by atoms with Crippen molar-refractivity contribution in [3.8, 4) is 0 Å². The molecule has 0 fully saturated rings. The third-order valence-corrected chi connectivity index (χ3v) is 0.480. The van der Waals surface area contributed by atoms with E-state index in [1.165, 1.54) is 0 Å². The summed E-state index contributed by atoms with van der Waals surface area (Å²) >= 11 is 0. The molecular weight excluding hydrogens is 151 g/mol. The fourth-order valence-electron chi connectivity index (χ4n) is 0.264. The van der Waals surface area contributed by atoms with E-state index in [2.05, 4.69) is 11.2 Å². The molecule has 1 nitrogen and oxygen atoms in total. The Kier molecular flexibility index (Phi) is 4.01. The summed E-state index contributed by atoms with van der Waals surface area (Å²) < 4.78 is 0. The molecule has 1 rings (SSSR count). The molecule has 1 heterocycles. The van der Waals surface area contributed by atoms with Crippen LogP contribution in [0.25, 0.3) is 0 Å². The van der Waals surface area contributed by atoms with Crippen LogP contribution in [0.3, 0.4) is 0 Å². The average Bonchev–Trinajstić information content (AvgIpc) is 1.76. The molecule has 0 saturated carbocycles. The van der Waals surface area contributed by atoms with E-state index in [0.717, 1.165) is 6.42 Å². The van der Waals surface area contributed by atoms with Crippen molar-refractivity contribution in [2.75, 3.05) is 0 Å². The molecule has 1 aliphatic rings. The minimum absolute atomic E-state index is 0. The van der Waals surface area contributed by atoms with Gasteiger partial charge in [-0.25, -0.2) is 0 Å². The monoisotopic (exact) mass is 155 g/mol. The van der Waals surface area contributed by atoms with E-state index < -0.39 is 0 Å². The van der Waals surface area contributed by atoms with E-state index in [1.807, 2.05) is 6.08 Å². The summed E-state index contributed by atoms with van der Waals surface area (Å²) in [5, 5.41) is 0. The maximum Gasteiger partial charge on any atom is 0 e. The van der Waals surface area contributed by atoms with Crippen LogP contribution in [0.4, 0.5) is 0 Å². The molecule has 0 bridgehead atoms. The van der Waals surface area contributed by atoms with Gasteiger partial charge in [0.05, 0.1) is 0 Å². The first kappa shape index (κ1) is 6.51. The molecule has 0 aliphatic carbocycles. The van der Waals surface area contributed by atoms with Crippen molar-refractivity contribution in [1.82, 2.24) is 0 Å². The maximum atomic E-state index is 3.65. The Bertz CT molecular complexity index is 65.6. The van der Waals surface area contributed by atoms with Crippen LogP contribution in [-0.4, -0.2) is 6.21 Å². The van der Waals surface area contributed by atoms with Gasteiger partial charge in [0.15, 0.2) is 0 Å². The van der Waals surface area contributed by atoms with E-state index in [9.17, 15) is 0 Å². The van der Waals surface area contributed by atoms with Crippen LogP contribution in [0, 0.1) is 0 Å². The Morgan fingerprint density at radius 1 is 1.67 bits per heavy atom. The second-order valence-electron chi connectivity index (χ2n) is 0.876. The number of nitrogens with zero attached hydrogens (tertiary/aromatic N) is 1. The number of rotatable bonds is 0. The predicted octanol–water partition coefficient (Wildman–Crippen LogP) is 0.849. The van der Waals surface area contributed by atoms with Gasteiger partial charge in [0.25, 0.3) is 0 Å². The molecule has 0 saturated heterocycles. The third-order valence-electron chi connectivity index (χ3n) is 0.480. The topological polar surface area (TPSA) is 12.4 Å². The van der Waals surface area contributed by atoms with Gasteiger partial charge in [-0.05, 0) is 0 Å². The molecule has 0 spiro atoms. The van der Waals surface area contributed by atoms with Crippen molar-refractivity contribution in [3.63, 3.8) is 0 Å². The minimum atomic E-state index is 0. The SMILES string of the molecule is [C-]1=NC=CC1.[Y]. The predicted molar refractivity (Wildman–Crippen MR) is 21.2 cm³/mol. The van der Waals surface area contributed by atoms with Gasteiger partial charge in [-0.1, -0.05) is 6.42 Å². The van der Waals surface area contributed by atoms with Crippen LogP contribution >= 0.6 is 0 Å². The van der Waals surface area contributed by atoms with Crippen LogP contribution in [-0.2, 0) is 32.7 Å². The Balaban J connectivity index is 0.000000250. The first-order chi connectivity index (χ1) is 2.50. The van der Waals surface area contributed by atoms with E-state index in [4.69, 9.17) is 0 Å². The van der Waals surface area contributed by atoms with E-state index in [1.54, 1.807) is 6.20 Å². The maximum absolute atomic E-state index is 3.65. The van der Waals surface area contributed by atoms with Gasteiger partial charge in [0.2, 0.25) is 0 Å². The average molecular weight is 155 g/mol. The Morgan fingerprint density at radius 3 is 2.67 bits per heavy atom. The number of allylic oxidation sites excluding steroid dienone is 1. The van der Waals surface area contributed by atoms with Crippen LogP contribution in [0.5, 0.6) is 0 Å². The Morgan fingerprint density at radius 2 is 2.50 bits per heavy atom. The van der Waals surface area contributed by atoms with Crippen molar-refractivity contribution in [3.05, 3.63) is 12.3 Å². The third kappa shape index (κ3) is 1.83. The van der Waals surface area contributed by atoms with Crippen LogP contribution in [0.1, 0.15) is 6.42 Å². The van der Waals surface area contributed by atoms with E-state index in [0.29, 0.717) is 0 Å². The van der Waals surface area contributed by atoms with Gasteiger partial charge in [0, 0.05) is 32.7 Å². The van der Waals surface area contributed by atoms with Gasteiger partial charge in [-0.15, -0.1) is 6.20 Å². The summed E-state index contributed by atoms with van der Waals surface area (Å²) in [6.45, 7) is 0. The van der Waals surface area contributed by atoms with E-state index in [-0.39, 0.29) is 32.7 Å². The number of hydrogen-bond acceptors (Lipinski definition) is 1. The smallest absolute Gasteiger partial charge is 0 e. The second-order valence-corrected chi connectivity index (χ2v) is 0.876. The minimum Gasteiger partial charge on any atom is -0.463 e. The van der Waals surface area contributed by atoms with Crippen molar-refractivity contribution in [2.24, 2.45) is 4.99 Å². The zero-order chi connectivity index (χ0) is 3.54. The summed E-state index contributed by atoms with van der Waals surface area (Å²) in [5.74, 6) is 0. The fourth-order valence-corrected chi connectivity index (χ4v) is 0.264. The summed E-state index contributed by atoms with van der Waals surface area (Å²) in [5.41, 5.74) is 0. The molecule has 29 valence electrons. The molecule has 0 N–H and O–H groups in total. The summed E-state index contributed by atoms with van der Waals surface area (Å²) in [7, 11) is 0. The molecule has 0 aromatic rings. The van der Waals surface area contributed by atoms with Crippen molar-refractivity contribution in [1.29, 1.82) is 0 Å². The van der Waals surface area contributed by atoms with Crippen LogP contribution < -0.4 is 0 Å². The summed E-state index contributed by atoms with van der Waals surface area (Å²) in [6.07, 6.45) is 7.35. The van der Waals surface area contributed by atoms with Gasteiger partial charge in [-0.2, -0.15) is 12.3 Å². The van der Waals surface area contributed by atoms with Crippen molar-refractivity contribution in [2.45, 2.75) is 6.42 Å². The largest absolute Gasteiger partial charge is 0.463 e. The van der Waals surface area contributed by atoms with Crippen molar-refractivity contribution < 1.29 is 32.7 Å². The Labute approximate surface area is 62.4 Å². The molecule has 0 aromatic carbocycles. The van der Waals surface area contributed by atoms with Gasteiger partial charge in [0.1, 0.15) is 0 Å². The summed E-state index contributed by atoms with van der Waals surface area (Å²) in [6, 6.07) is 0. The molecule has 0 unspecified atom stereocenters. The Hall–Kier alpha value is 0.514. The quantitative estimate of drug-likeness (QED) is 0.460. The van der Waals surface area contributed by atoms with Crippen molar-refractivity contribution >= 4 is 6.21 Å². The van der Waals surface area contributed by atoms with Crippen LogP contribution in [0.2, 0.25) is 0 Å². The fraction of sp³-hybridized carbons (Fsp3) is 0.250. The molecular formula is C4H4NY-. The second kappa shape index (κ2) is 3.70. The zero-order valence-electron chi connectivity index (χ0n) is 3.39. The van der Waals surface area contributed by atoms with E-state index >= 15 is 0 Å². The van der Waals surface area contributed by atoms with Gasteiger partial charge in [-0.3, -0.25) is 0 Å². The van der Waals surface area contributed by atoms with Gasteiger partial charge >= 0.3 is 0 Å². The molecule has 0 aromatic heterocycles. The zero-order valence-corrected chi connectivity index (χ0v) is 6.22. The molecule has 0 amide bonds. The molecule has 6 heavy (non-hydrogen) atoms. The first-order valence-corrected chi connectivity index (χ1v) is 1.58. The summed E-state index contributed by atoms with van der Waals surface area (Å²) in [4.78, 5) is 3.65. The first-order valence-electron chi connectivity index (χ1n) is 1.58.